The third-order valence-corrected chi connectivity index (χ3v) is 11.3. The van der Waals surface area contributed by atoms with Crippen LogP contribution in [0.25, 0.3) is 82.8 Å². The lowest BCUT2D eigenvalue weighted by molar-refractivity contribution is 0.872. The molecule has 0 radical (unpaired) electrons. The molecular weight excluding hydrogens is 733 g/mol. The first kappa shape index (κ1) is 36.9. The number of nitriles is 5. The molecule has 9 aromatic rings. The lowest BCUT2D eigenvalue weighted by atomic mass is 9.86. The minimum atomic E-state index is 0.165. The average Bonchev–Trinajstić information content (AvgIpc) is 3.63. The zero-order valence-electron chi connectivity index (χ0n) is 32.7. The van der Waals surface area contributed by atoms with Gasteiger partial charge in [0.2, 0.25) is 0 Å². The molecule has 0 N–H and O–H groups in total. The van der Waals surface area contributed by atoms with E-state index in [4.69, 9.17) is 0 Å². The Labute approximate surface area is 347 Å². The minimum absolute atomic E-state index is 0.165. The van der Waals surface area contributed by atoms with Crippen molar-refractivity contribution in [2.45, 2.75) is 19.8 Å². The highest BCUT2D eigenvalue weighted by atomic mass is 15.0. The van der Waals surface area contributed by atoms with E-state index in [0.29, 0.717) is 27.8 Å². The van der Waals surface area contributed by atoms with Gasteiger partial charge in [0, 0.05) is 16.3 Å². The molecule has 0 aliphatic heterocycles. The van der Waals surface area contributed by atoms with Crippen molar-refractivity contribution in [1.29, 1.82) is 26.3 Å². The van der Waals surface area contributed by atoms with Crippen LogP contribution in [0.2, 0.25) is 0 Å². The molecule has 0 unspecified atom stereocenters. The summed E-state index contributed by atoms with van der Waals surface area (Å²) in [4.78, 5) is 0. The first-order valence-electron chi connectivity index (χ1n) is 19.5. The molecule has 60 heavy (non-hydrogen) atoms. The predicted octanol–water partition coefficient (Wildman–Crippen LogP) is 13.1. The summed E-state index contributed by atoms with van der Waals surface area (Å²) in [7, 11) is 0. The van der Waals surface area contributed by atoms with Crippen molar-refractivity contribution in [3.8, 4) is 80.5 Å². The number of hydrogen-bond donors (Lipinski definition) is 0. The van der Waals surface area contributed by atoms with Gasteiger partial charge in [-0.1, -0.05) is 92.7 Å². The van der Waals surface area contributed by atoms with E-state index in [1.54, 1.807) is 36.4 Å². The Bertz CT molecular complexity index is 3280. The molecule has 278 valence electrons. The summed E-state index contributed by atoms with van der Waals surface area (Å²) < 4.78 is 2.28. The van der Waals surface area contributed by atoms with Gasteiger partial charge in [-0.3, -0.25) is 0 Å². The largest absolute Gasteiger partial charge is 0.309 e. The van der Waals surface area contributed by atoms with Crippen molar-refractivity contribution < 1.29 is 0 Å². The van der Waals surface area contributed by atoms with E-state index in [9.17, 15) is 26.3 Å². The van der Waals surface area contributed by atoms with Crippen molar-refractivity contribution in [2.75, 3.05) is 0 Å². The molecule has 8 aromatic carbocycles. The minimum Gasteiger partial charge on any atom is -0.309 e. The second-order valence-corrected chi connectivity index (χ2v) is 15.1. The van der Waals surface area contributed by atoms with Gasteiger partial charge in [-0.05, 0) is 134 Å². The third-order valence-electron chi connectivity index (χ3n) is 11.3. The highest BCUT2D eigenvalue weighted by Gasteiger charge is 2.21. The Kier molecular flexibility index (Phi) is 9.21. The van der Waals surface area contributed by atoms with Crippen LogP contribution in [-0.4, -0.2) is 4.57 Å². The second kappa shape index (κ2) is 15.0. The Morgan fingerprint density at radius 3 is 1.37 bits per heavy atom. The molecule has 0 aliphatic carbocycles. The average molecular weight is 765 g/mol. The maximum atomic E-state index is 10.0. The van der Waals surface area contributed by atoms with Gasteiger partial charge >= 0.3 is 0 Å². The Hall–Kier alpha value is -8.73. The maximum Gasteiger partial charge on any atom is 0.0994 e. The monoisotopic (exact) mass is 764 g/mol. The topological polar surface area (TPSA) is 124 Å². The van der Waals surface area contributed by atoms with Crippen LogP contribution >= 0.6 is 0 Å². The summed E-state index contributed by atoms with van der Waals surface area (Å²) in [6, 6.07) is 61.2. The molecule has 0 spiro atoms. The van der Waals surface area contributed by atoms with Crippen LogP contribution in [-0.2, 0) is 0 Å². The van der Waals surface area contributed by atoms with Crippen LogP contribution in [0, 0.1) is 56.7 Å². The first-order valence-corrected chi connectivity index (χ1v) is 19.5. The molecule has 0 saturated carbocycles. The summed E-state index contributed by atoms with van der Waals surface area (Å²) in [5, 5.41) is 53.2. The van der Waals surface area contributed by atoms with E-state index >= 15 is 0 Å². The zero-order chi connectivity index (χ0) is 41.5. The molecule has 1 aromatic heterocycles. The van der Waals surface area contributed by atoms with Crippen molar-refractivity contribution in [3.63, 3.8) is 0 Å². The van der Waals surface area contributed by atoms with E-state index in [1.165, 1.54) is 0 Å². The Morgan fingerprint density at radius 1 is 0.383 bits per heavy atom. The number of para-hydroxylation sites is 1. The summed E-state index contributed by atoms with van der Waals surface area (Å²) >= 11 is 0. The molecule has 0 fully saturated rings. The van der Waals surface area contributed by atoms with Gasteiger partial charge in [-0.2, -0.15) is 26.3 Å². The number of nitrogens with zero attached hydrogens (tertiary/aromatic N) is 6. The fraction of sp³-hybridized carbons (Fsp3) is 0.0556. The molecule has 9 rings (SSSR count). The van der Waals surface area contributed by atoms with Gasteiger partial charge in [-0.15, -0.1) is 0 Å². The van der Waals surface area contributed by atoms with Crippen LogP contribution in [0.5, 0.6) is 0 Å². The number of benzene rings is 8. The highest BCUT2D eigenvalue weighted by molar-refractivity contribution is 6.12. The smallest absolute Gasteiger partial charge is 0.0994 e. The van der Waals surface area contributed by atoms with Gasteiger partial charge < -0.3 is 4.57 Å². The fourth-order valence-corrected chi connectivity index (χ4v) is 8.67. The number of fused-ring (bicyclic) bond motifs is 4. The van der Waals surface area contributed by atoms with Gasteiger partial charge in [-0.25, -0.2) is 0 Å². The first-order chi connectivity index (χ1) is 29.3. The number of aromatic nitrogens is 1. The highest BCUT2D eigenvalue weighted by Crippen LogP contribution is 2.44. The molecule has 0 saturated heterocycles. The van der Waals surface area contributed by atoms with Gasteiger partial charge in [0.1, 0.15) is 0 Å². The van der Waals surface area contributed by atoms with Crippen LogP contribution in [0.15, 0.2) is 152 Å². The summed E-state index contributed by atoms with van der Waals surface area (Å²) in [5.41, 5.74) is 13.7. The van der Waals surface area contributed by atoms with Crippen LogP contribution < -0.4 is 0 Å². The molecule has 6 heteroatoms. The van der Waals surface area contributed by atoms with E-state index in [1.807, 2.05) is 24.3 Å². The lowest BCUT2D eigenvalue weighted by Crippen LogP contribution is -1.99. The van der Waals surface area contributed by atoms with E-state index < -0.39 is 0 Å². The van der Waals surface area contributed by atoms with Crippen LogP contribution in [0.1, 0.15) is 53.1 Å². The summed E-state index contributed by atoms with van der Waals surface area (Å²) in [5.74, 6) is 0.165. The van der Waals surface area contributed by atoms with Gasteiger partial charge in [0.05, 0.1) is 74.9 Å². The fourth-order valence-electron chi connectivity index (χ4n) is 8.67. The predicted molar refractivity (Wildman–Crippen MR) is 238 cm³/mol. The zero-order valence-corrected chi connectivity index (χ0v) is 32.7. The van der Waals surface area contributed by atoms with Crippen molar-refractivity contribution in [2.24, 2.45) is 0 Å². The summed E-state index contributed by atoms with van der Waals surface area (Å²) in [6.07, 6.45) is 0. The van der Waals surface area contributed by atoms with E-state index in [0.717, 1.165) is 88.3 Å². The number of rotatable bonds is 6. The molecule has 0 aliphatic rings. The standard InChI is InChI=1S/C54H32N6/c1-33(2)54-40(32-59)14-17-46-44(11-7-12-48(46)54)43-8-3-4-9-45(43)47-10-5-6-13-51(47)60-52-18-15-38(41-22-34(28-55)20-35(23-41)29-56)26-49(52)50-27-39(16-19-53(50)60)42-24-36(30-57)21-37(25-42)31-58/h3-27,33H,1-2H3. The van der Waals surface area contributed by atoms with Gasteiger partial charge in [0.25, 0.3) is 0 Å². The van der Waals surface area contributed by atoms with Crippen LogP contribution in [0.4, 0.5) is 0 Å². The Balaban J connectivity index is 1.31. The van der Waals surface area contributed by atoms with Gasteiger partial charge in [0.15, 0.2) is 0 Å². The quantitative estimate of drug-likeness (QED) is 0.167. The second-order valence-electron chi connectivity index (χ2n) is 15.1. The van der Waals surface area contributed by atoms with E-state index in [-0.39, 0.29) is 5.92 Å². The van der Waals surface area contributed by atoms with Crippen LogP contribution in [0.3, 0.4) is 0 Å². The van der Waals surface area contributed by atoms with Crippen molar-refractivity contribution >= 4 is 32.6 Å². The van der Waals surface area contributed by atoms with E-state index in [2.05, 4.69) is 140 Å². The molecule has 6 nitrogen and oxygen atoms in total. The normalized spacial score (nSPS) is 10.9. The maximum absolute atomic E-state index is 10.0. The Morgan fingerprint density at radius 2 is 0.867 bits per heavy atom. The number of hydrogen-bond acceptors (Lipinski definition) is 5. The molecule has 0 bridgehead atoms. The third kappa shape index (κ3) is 6.18. The SMILES string of the molecule is CC(C)c1c(C#N)ccc2c(-c3ccccc3-c3ccccc3-n3c4ccc(-c5cc(C#N)cc(C#N)c5)cc4c4cc(-c5cc(C#N)cc(C#N)c5)ccc43)cccc12. The summed E-state index contributed by atoms with van der Waals surface area (Å²) in [6.45, 7) is 4.26. The molecular formula is C54H32N6. The lowest BCUT2D eigenvalue weighted by Gasteiger charge is -2.19. The van der Waals surface area contributed by atoms with Crippen molar-refractivity contribution in [1.82, 2.24) is 4.57 Å². The molecule has 1 heterocycles. The molecule has 0 atom stereocenters. The molecule has 0 amide bonds. The van der Waals surface area contributed by atoms with Crippen molar-refractivity contribution in [3.05, 3.63) is 185 Å².